The van der Waals surface area contributed by atoms with Gasteiger partial charge >= 0.3 is 6.03 Å². The largest absolute Gasteiger partial charge is 0.370 e. The van der Waals surface area contributed by atoms with Crippen LogP contribution in [-0.4, -0.2) is 72.1 Å². The van der Waals surface area contributed by atoms with Crippen LogP contribution < -0.4 is 20.4 Å². The van der Waals surface area contributed by atoms with E-state index in [2.05, 4.69) is 32.5 Å². The van der Waals surface area contributed by atoms with Crippen molar-refractivity contribution in [3.8, 4) is 0 Å². The molecule has 1 aliphatic carbocycles. The number of thiazole rings is 1. The van der Waals surface area contributed by atoms with Crippen molar-refractivity contribution >= 4 is 39.8 Å². The molecule has 10 heteroatoms. The predicted octanol–water partition coefficient (Wildman–Crippen LogP) is 2.71. The number of urea groups is 1. The molecule has 3 amide bonds. The average Bonchev–Trinajstić information content (AvgIpc) is 3.43. The van der Waals surface area contributed by atoms with Crippen molar-refractivity contribution in [2.24, 2.45) is 0 Å². The highest BCUT2D eigenvalue weighted by molar-refractivity contribution is 7.14. The van der Waals surface area contributed by atoms with Gasteiger partial charge in [0.25, 0.3) is 5.91 Å². The van der Waals surface area contributed by atoms with Crippen molar-refractivity contribution in [2.45, 2.75) is 31.0 Å². The number of rotatable bonds is 5. The molecule has 0 aromatic carbocycles. The molecule has 9 nitrogen and oxygen atoms in total. The van der Waals surface area contributed by atoms with Gasteiger partial charge in [0.15, 0.2) is 5.13 Å². The summed E-state index contributed by atoms with van der Waals surface area (Å²) in [5, 5.41) is 8.57. The molecular weight excluding hydrogens is 438 g/mol. The summed E-state index contributed by atoms with van der Waals surface area (Å²) in [4.78, 5) is 40.2. The number of hydrogen-bond acceptors (Lipinski definition) is 7. The number of allylic oxidation sites excluding steroid dienone is 2. The van der Waals surface area contributed by atoms with E-state index < -0.39 is 0 Å². The number of nitrogens with one attached hydrogen (secondary N) is 2. The SMILES string of the molecule is CN1C(=O)N(c2nc(C(=O)Nc3cnccc3N(C)C3CCNCC3)cs2)C2C=CC=CC21. The summed E-state index contributed by atoms with van der Waals surface area (Å²) in [6, 6.07) is 2.04. The smallest absolute Gasteiger partial charge is 0.327 e. The Morgan fingerprint density at radius 1 is 1.24 bits per heavy atom. The number of nitrogens with zero attached hydrogens (tertiary/aromatic N) is 5. The van der Waals surface area contributed by atoms with E-state index in [1.54, 1.807) is 34.6 Å². The first-order chi connectivity index (χ1) is 16.0. The fraction of sp³-hybridized carbons (Fsp3) is 0.391. The number of carbonyl (C=O) groups is 2. The number of aromatic nitrogens is 2. The van der Waals surface area contributed by atoms with Gasteiger partial charge in [-0.1, -0.05) is 24.3 Å². The van der Waals surface area contributed by atoms with Gasteiger partial charge in [0.1, 0.15) is 5.69 Å². The maximum atomic E-state index is 13.1. The van der Waals surface area contributed by atoms with Crippen LogP contribution in [0.2, 0.25) is 0 Å². The Kier molecular flexibility index (Phi) is 5.86. The van der Waals surface area contributed by atoms with Gasteiger partial charge < -0.3 is 20.4 Å². The lowest BCUT2D eigenvalue weighted by Crippen LogP contribution is -2.41. The summed E-state index contributed by atoms with van der Waals surface area (Å²) in [5.74, 6) is -0.318. The fourth-order valence-electron chi connectivity index (χ4n) is 4.66. The molecule has 2 atom stereocenters. The zero-order valence-corrected chi connectivity index (χ0v) is 19.5. The van der Waals surface area contributed by atoms with Crippen molar-refractivity contribution in [1.82, 2.24) is 20.2 Å². The van der Waals surface area contributed by atoms with Crippen LogP contribution in [-0.2, 0) is 0 Å². The standard InChI is InChI=1S/C23H27N7O2S/c1-28(15-7-10-24-11-8-15)18-9-12-25-13-16(18)26-21(31)17-14-33-22(27-17)30-20-6-4-3-5-19(20)29(2)23(30)32/h3-6,9,12-15,19-20,24H,7-8,10-11H2,1-2H3,(H,26,31). The number of pyridine rings is 1. The quantitative estimate of drug-likeness (QED) is 0.705. The van der Waals surface area contributed by atoms with Crippen LogP contribution in [0.25, 0.3) is 0 Å². The molecular formula is C23H27N7O2S. The third-order valence-corrected chi connectivity index (χ3v) is 7.38. The lowest BCUT2D eigenvalue weighted by molar-refractivity contribution is 0.102. The molecule has 2 N–H and O–H groups in total. The zero-order chi connectivity index (χ0) is 22.9. The molecule has 5 rings (SSSR count). The number of carbonyl (C=O) groups excluding carboxylic acids is 2. The fourth-order valence-corrected chi connectivity index (χ4v) is 5.50. The zero-order valence-electron chi connectivity index (χ0n) is 18.6. The minimum absolute atomic E-state index is 0.0350. The molecule has 0 radical (unpaired) electrons. The number of hydrogen-bond donors (Lipinski definition) is 2. The Morgan fingerprint density at radius 3 is 2.79 bits per heavy atom. The Balaban J connectivity index is 1.34. The molecule has 0 spiro atoms. The third-order valence-electron chi connectivity index (χ3n) is 6.54. The van der Waals surface area contributed by atoms with Gasteiger partial charge in [0.05, 0.1) is 29.7 Å². The molecule has 2 saturated heterocycles. The van der Waals surface area contributed by atoms with Crippen molar-refractivity contribution in [1.29, 1.82) is 0 Å². The van der Waals surface area contributed by atoms with E-state index in [0.29, 0.717) is 16.9 Å². The van der Waals surface area contributed by atoms with Crippen molar-refractivity contribution in [2.75, 3.05) is 42.3 Å². The second-order valence-corrected chi connectivity index (χ2v) is 9.31. The summed E-state index contributed by atoms with van der Waals surface area (Å²) >= 11 is 1.30. The molecule has 2 unspecified atom stereocenters. The van der Waals surface area contributed by atoms with E-state index in [1.165, 1.54) is 11.3 Å². The normalized spacial score (nSPS) is 22.5. The summed E-state index contributed by atoms with van der Waals surface area (Å²) in [6.07, 6.45) is 13.4. The molecule has 2 aromatic heterocycles. The van der Waals surface area contributed by atoms with Crippen LogP contribution in [0, 0.1) is 0 Å². The van der Waals surface area contributed by atoms with Crippen LogP contribution in [0.3, 0.4) is 0 Å². The van der Waals surface area contributed by atoms with E-state index in [4.69, 9.17) is 0 Å². The highest BCUT2D eigenvalue weighted by atomic mass is 32.1. The lowest BCUT2D eigenvalue weighted by Gasteiger charge is -2.34. The maximum Gasteiger partial charge on any atom is 0.327 e. The molecule has 2 aliphatic heterocycles. The number of fused-ring (bicyclic) bond motifs is 1. The Hall–Kier alpha value is -3.24. The topological polar surface area (TPSA) is 93.7 Å². The molecule has 2 aromatic rings. The minimum atomic E-state index is -0.318. The summed E-state index contributed by atoms with van der Waals surface area (Å²) in [5.41, 5.74) is 1.86. The van der Waals surface area contributed by atoms with Crippen LogP contribution in [0.15, 0.2) is 48.1 Å². The first-order valence-corrected chi connectivity index (χ1v) is 12.0. The van der Waals surface area contributed by atoms with E-state index in [0.717, 1.165) is 31.6 Å². The lowest BCUT2D eigenvalue weighted by atomic mass is 10.0. The molecule has 4 heterocycles. The second-order valence-electron chi connectivity index (χ2n) is 8.47. The number of anilines is 3. The van der Waals surface area contributed by atoms with Crippen molar-refractivity contribution < 1.29 is 9.59 Å². The van der Waals surface area contributed by atoms with Crippen molar-refractivity contribution in [3.63, 3.8) is 0 Å². The number of piperidine rings is 1. The highest BCUT2D eigenvalue weighted by Crippen LogP contribution is 2.34. The van der Waals surface area contributed by atoms with Crippen LogP contribution in [0.4, 0.5) is 21.3 Å². The van der Waals surface area contributed by atoms with Gasteiger partial charge in [-0.3, -0.25) is 14.7 Å². The van der Waals surface area contributed by atoms with Gasteiger partial charge in [-0.15, -0.1) is 11.3 Å². The van der Waals surface area contributed by atoms with E-state index in [-0.39, 0.29) is 29.7 Å². The van der Waals surface area contributed by atoms with Gasteiger partial charge in [-0.05, 0) is 32.0 Å². The summed E-state index contributed by atoms with van der Waals surface area (Å²) in [6.45, 7) is 1.97. The molecule has 33 heavy (non-hydrogen) atoms. The highest BCUT2D eigenvalue weighted by Gasteiger charge is 2.44. The Labute approximate surface area is 196 Å². The Morgan fingerprint density at radius 2 is 2.00 bits per heavy atom. The first kappa shape index (κ1) is 21.6. The third kappa shape index (κ3) is 4.00. The van der Waals surface area contributed by atoms with Gasteiger partial charge in [0.2, 0.25) is 0 Å². The minimum Gasteiger partial charge on any atom is -0.370 e. The Bertz CT molecular complexity index is 1110. The number of likely N-dealkylation sites (N-methyl/N-ethyl adjacent to an activating group) is 1. The van der Waals surface area contributed by atoms with Crippen molar-refractivity contribution in [3.05, 3.63) is 53.8 Å². The van der Waals surface area contributed by atoms with Gasteiger partial charge in [-0.2, -0.15) is 0 Å². The van der Waals surface area contributed by atoms with Crippen LogP contribution >= 0.6 is 11.3 Å². The molecule has 0 saturated carbocycles. The molecule has 0 bridgehead atoms. The maximum absolute atomic E-state index is 13.1. The predicted molar refractivity (Wildman–Crippen MR) is 130 cm³/mol. The first-order valence-electron chi connectivity index (χ1n) is 11.1. The van der Waals surface area contributed by atoms with E-state index in [9.17, 15) is 9.59 Å². The number of amides is 3. The summed E-state index contributed by atoms with van der Waals surface area (Å²) < 4.78 is 0. The van der Waals surface area contributed by atoms with E-state index >= 15 is 0 Å². The molecule has 3 aliphatic rings. The van der Waals surface area contributed by atoms with Gasteiger partial charge in [-0.25, -0.2) is 9.78 Å². The van der Waals surface area contributed by atoms with Gasteiger partial charge in [0, 0.05) is 31.7 Å². The molecule has 172 valence electrons. The van der Waals surface area contributed by atoms with Crippen LogP contribution in [0.1, 0.15) is 23.3 Å². The molecule has 2 fully saturated rings. The van der Waals surface area contributed by atoms with E-state index in [1.807, 2.05) is 30.4 Å². The summed E-state index contributed by atoms with van der Waals surface area (Å²) in [7, 11) is 3.84. The second kappa shape index (κ2) is 8.95. The average molecular weight is 466 g/mol. The van der Waals surface area contributed by atoms with Crippen LogP contribution in [0.5, 0.6) is 0 Å². The monoisotopic (exact) mass is 465 g/mol.